The molecule has 0 heteroatoms. The molecule has 15 rings (SSSR count). The quantitative estimate of drug-likeness (QED) is 0.123. The molecule has 0 heterocycles. The van der Waals surface area contributed by atoms with Crippen molar-refractivity contribution in [3.8, 4) is 44.5 Å². The monoisotopic (exact) mass is 804 g/mol. The van der Waals surface area contributed by atoms with Gasteiger partial charge in [0.1, 0.15) is 0 Å². The maximum Gasteiger partial charge on any atom is -0.000673 e. The number of hydrogen-bond acceptors (Lipinski definition) is 0. The van der Waals surface area contributed by atoms with Crippen LogP contribution in [0.5, 0.6) is 0 Å². The summed E-state index contributed by atoms with van der Waals surface area (Å²) in [4.78, 5) is 0. The summed E-state index contributed by atoms with van der Waals surface area (Å²) in [6.45, 7) is 0. The second-order valence-corrected chi connectivity index (χ2v) is 17.7. The SMILES string of the molecule is c1ccc(-c2ccccc2-c2ccc3c4c2cccc4c2c4c(cc5c(-c6ccccc6)c6c7ccc(-c8ccccc8)c8cccc(c87)c6c3c52)c2cccc3cccc4c32)cc1. The molecule has 0 nitrogen and oxygen atoms in total. The third-order valence-corrected chi connectivity index (χ3v) is 14.7. The predicted octanol–water partition coefficient (Wildman–Crippen LogP) is 18.2. The second kappa shape index (κ2) is 12.6. The molecule has 15 aromatic rings. The lowest BCUT2D eigenvalue weighted by Crippen LogP contribution is -1.93. The molecule has 0 atom stereocenters. The maximum absolute atomic E-state index is 2.57. The van der Waals surface area contributed by atoms with E-state index >= 15 is 0 Å². The van der Waals surface area contributed by atoms with Crippen LogP contribution < -0.4 is 0 Å². The Morgan fingerprint density at radius 2 is 0.609 bits per heavy atom. The van der Waals surface area contributed by atoms with Gasteiger partial charge in [0.05, 0.1) is 0 Å². The Bertz CT molecular complexity index is 4370. The van der Waals surface area contributed by atoms with Crippen LogP contribution in [0.2, 0.25) is 0 Å². The zero-order chi connectivity index (χ0) is 41.6. The van der Waals surface area contributed by atoms with Crippen molar-refractivity contribution in [2.75, 3.05) is 0 Å². The van der Waals surface area contributed by atoms with E-state index in [-0.39, 0.29) is 0 Å². The lowest BCUT2D eigenvalue weighted by Gasteiger charge is -2.22. The molecular weight excluding hydrogens is 769 g/mol. The Hall–Kier alpha value is -8.32. The van der Waals surface area contributed by atoms with E-state index in [1.807, 2.05) is 0 Å². The van der Waals surface area contributed by atoms with E-state index in [4.69, 9.17) is 0 Å². The van der Waals surface area contributed by atoms with Gasteiger partial charge in [-0.2, -0.15) is 0 Å². The molecule has 0 fully saturated rings. The van der Waals surface area contributed by atoms with Crippen molar-refractivity contribution in [1.82, 2.24) is 0 Å². The van der Waals surface area contributed by atoms with E-state index in [1.165, 1.54) is 152 Å². The van der Waals surface area contributed by atoms with Gasteiger partial charge in [0.2, 0.25) is 0 Å². The van der Waals surface area contributed by atoms with Crippen molar-refractivity contribution in [3.63, 3.8) is 0 Å². The molecule has 0 saturated carbocycles. The van der Waals surface area contributed by atoms with Gasteiger partial charge in [-0.15, -0.1) is 0 Å². The minimum absolute atomic E-state index is 1.23. The number of hydrogen-bond donors (Lipinski definition) is 0. The fourth-order valence-corrected chi connectivity index (χ4v) is 12.2. The van der Waals surface area contributed by atoms with Gasteiger partial charge in [0.25, 0.3) is 0 Å². The minimum atomic E-state index is 1.23. The van der Waals surface area contributed by atoms with E-state index in [0.29, 0.717) is 0 Å². The highest BCUT2D eigenvalue weighted by Crippen LogP contribution is 2.57. The molecule has 0 spiro atoms. The van der Waals surface area contributed by atoms with Crippen molar-refractivity contribution >= 4 is 108 Å². The summed E-state index contributed by atoms with van der Waals surface area (Å²) < 4.78 is 0. The maximum atomic E-state index is 2.57. The predicted molar refractivity (Wildman–Crippen MR) is 277 cm³/mol. The average molecular weight is 805 g/mol. The summed E-state index contributed by atoms with van der Waals surface area (Å²) in [5.41, 5.74) is 10.1. The molecule has 0 aliphatic heterocycles. The molecule has 0 aliphatic carbocycles. The Kier molecular flexibility index (Phi) is 6.77. The van der Waals surface area contributed by atoms with Crippen LogP contribution in [0.25, 0.3) is 152 Å². The number of rotatable bonds is 4. The largest absolute Gasteiger partial charge is 0.0622 e. The average Bonchev–Trinajstić information content (AvgIpc) is 3.87. The lowest BCUT2D eigenvalue weighted by molar-refractivity contribution is 1.60. The van der Waals surface area contributed by atoms with Crippen LogP contribution in [0.4, 0.5) is 0 Å². The van der Waals surface area contributed by atoms with Gasteiger partial charge >= 0.3 is 0 Å². The summed E-state index contributed by atoms with van der Waals surface area (Å²) in [6, 6.07) is 82.1. The van der Waals surface area contributed by atoms with Crippen LogP contribution in [0.3, 0.4) is 0 Å². The van der Waals surface area contributed by atoms with Crippen LogP contribution in [0.15, 0.2) is 218 Å². The molecule has 64 heavy (non-hydrogen) atoms. The van der Waals surface area contributed by atoms with Crippen LogP contribution >= 0.6 is 0 Å². The molecular formula is C64H36. The van der Waals surface area contributed by atoms with Gasteiger partial charge < -0.3 is 0 Å². The van der Waals surface area contributed by atoms with Gasteiger partial charge in [-0.05, 0) is 158 Å². The second-order valence-electron chi connectivity index (χ2n) is 17.7. The van der Waals surface area contributed by atoms with Crippen LogP contribution in [0, 0.1) is 0 Å². The topological polar surface area (TPSA) is 0 Å². The first-order valence-electron chi connectivity index (χ1n) is 22.4. The van der Waals surface area contributed by atoms with E-state index in [0.717, 1.165) is 0 Å². The summed E-state index contributed by atoms with van der Waals surface area (Å²) in [6.07, 6.45) is 0. The Balaban J connectivity index is 1.24. The van der Waals surface area contributed by atoms with Crippen LogP contribution in [0.1, 0.15) is 0 Å². The molecule has 292 valence electrons. The Morgan fingerprint density at radius 1 is 0.172 bits per heavy atom. The van der Waals surface area contributed by atoms with E-state index < -0.39 is 0 Å². The zero-order valence-corrected chi connectivity index (χ0v) is 34.8. The zero-order valence-electron chi connectivity index (χ0n) is 34.8. The van der Waals surface area contributed by atoms with Crippen molar-refractivity contribution < 1.29 is 0 Å². The van der Waals surface area contributed by atoms with Crippen molar-refractivity contribution in [2.24, 2.45) is 0 Å². The van der Waals surface area contributed by atoms with Crippen molar-refractivity contribution in [3.05, 3.63) is 218 Å². The van der Waals surface area contributed by atoms with Crippen molar-refractivity contribution in [2.45, 2.75) is 0 Å². The molecule has 0 saturated heterocycles. The van der Waals surface area contributed by atoms with Gasteiger partial charge in [0, 0.05) is 0 Å². The molecule has 0 unspecified atom stereocenters. The van der Waals surface area contributed by atoms with Gasteiger partial charge in [0.15, 0.2) is 0 Å². The summed E-state index contributed by atoms with van der Waals surface area (Å²) in [7, 11) is 0. The van der Waals surface area contributed by atoms with Crippen molar-refractivity contribution in [1.29, 1.82) is 0 Å². The Morgan fingerprint density at radius 3 is 1.28 bits per heavy atom. The first-order valence-corrected chi connectivity index (χ1v) is 22.4. The third kappa shape index (κ3) is 4.37. The van der Waals surface area contributed by atoms with Crippen LogP contribution in [-0.2, 0) is 0 Å². The summed E-state index contributed by atoms with van der Waals surface area (Å²) in [5, 5.41) is 26.5. The first kappa shape index (κ1) is 34.3. The van der Waals surface area contributed by atoms with E-state index in [1.54, 1.807) is 0 Å². The highest BCUT2D eigenvalue weighted by atomic mass is 14.3. The van der Waals surface area contributed by atoms with Crippen LogP contribution in [-0.4, -0.2) is 0 Å². The fourth-order valence-electron chi connectivity index (χ4n) is 12.2. The third-order valence-electron chi connectivity index (χ3n) is 14.7. The molecule has 0 radical (unpaired) electrons. The summed E-state index contributed by atoms with van der Waals surface area (Å²) in [5.74, 6) is 0. The van der Waals surface area contributed by atoms with Gasteiger partial charge in [-0.1, -0.05) is 212 Å². The smallest absolute Gasteiger partial charge is 0.000673 e. The molecule has 0 aromatic heterocycles. The highest BCUT2D eigenvalue weighted by Gasteiger charge is 2.28. The minimum Gasteiger partial charge on any atom is -0.0622 e. The molecule has 0 amide bonds. The first-order chi connectivity index (χ1) is 31.8. The number of benzene rings is 13. The van der Waals surface area contributed by atoms with E-state index in [2.05, 4.69) is 218 Å². The summed E-state index contributed by atoms with van der Waals surface area (Å²) >= 11 is 0. The van der Waals surface area contributed by atoms with Gasteiger partial charge in [-0.25, -0.2) is 0 Å². The highest BCUT2D eigenvalue weighted by molar-refractivity contribution is 6.53. The van der Waals surface area contributed by atoms with E-state index in [9.17, 15) is 0 Å². The van der Waals surface area contributed by atoms with Gasteiger partial charge in [-0.3, -0.25) is 0 Å². The molecule has 15 aromatic carbocycles. The molecule has 0 aliphatic rings. The Labute approximate surface area is 368 Å². The standard InChI is InChI=1S/C64H36/c1-4-16-37(17-5-1)41-24-10-11-25-43(41)44-33-35-52-58-46(44)28-15-30-49(58)61-59-48-29-13-23-39-22-12-26-47(55(39)48)53(59)36-54-56(40-20-8-3-9-21-40)60-51-34-32-42(38-18-6-2-7-19-38)45-27-14-31-50(57(45)51)62(60)63(52)64(54)61/h1-36H. The lowest BCUT2D eigenvalue weighted by atomic mass is 9.81. The fraction of sp³-hybridized carbons (Fsp3) is 0. The molecule has 0 N–H and O–H groups in total. The number of fused-ring (bicyclic) bond motifs is 10. The molecule has 0 bridgehead atoms. The normalized spacial score (nSPS) is 12.4.